The normalized spacial score (nSPS) is 15.8. The van der Waals surface area contributed by atoms with E-state index in [1.807, 2.05) is 30.5 Å². The van der Waals surface area contributed by atoms with Crippen molar-refractivity contribution in [3.8, 4) is 11.5 Å². The number of nitrogens with one attached hydrogen (secondary N) is 3. The average molecular weight is 422 g/mol. The molecule has 2 aromatic carbocycles. The summed E-state index contributed by atoms with van der Waals surface area (Å²) in [5, 5.41) is 6.33. The van der Waals surface area contributed by atoms with Gasteiger partial charge >= 0.3 is 6.03 Å². The van der Waals surface area contributed by atoms with Crippen molar-refractivity contribution in [2.24, 2.45) is 0 Å². The zero-order chi connectivity index (χ0) is 22.0. The molecule has 0 bridgehead atoms. The number of H-pyrrole nitrogens is 1. The van der Waals surface area contributed by atoms with Crippen molar-refractivity contribution in [1.82, 2.24) is 15.2 Å². The van der Waals surface area contributed by atoms with Crippen LogP contribution in [0.3, 0.4) is 0 Å². The predicted molar refractivity (Wildman–Crippen MR) is 114 cm³/mol. The Morgan fingerprint density at radius 2 is 1.94 bits per heavy atom. The molecule has 1 saturated heterocycles. The summed E-state index contributed by atoms with van der Waals surface area (Å²) in [5.41, 5.74) is 2.29. The molecule has 160 valence electrons. The summed E-state index contributed by atoms with van der Waals surface area (Å²) in [6.45, 7) is -0.399. The number of carbonyl (C=O) groups excluding carboxylic acids is 3. The number of hydrogen-bond acceptors (Lipinski definition) is 5. The smallest absolute Gasteiger partial charge is 0.325 e. The molecule has 0 aliphatic carbocycles. The van der Waals surface area contributed by atoms with E-state index in [0.717, 1.165) is 21.4 Å². The van der Waals surface area contributed by atoms with Crippen molar-refractivity contribution in [3.05, 3.63) is 54.2 Å². The van der Waals surface area contributed by atoms with E-state index >= 15 is 0 Å². The Labute approximate surface area is 178 Å². The van der Waals surface area contributed by atoms with E-state index in [9.17, 15) is 14.4 Å². The molecule has 1 aliphatic heterocycles. The highest BCUT2D eigenvalue weighted by Crippen LogP contribution is 2.29. The van der Waals surface area contributed by atoms with Gasteiger partial charge in [0, 0.05) is 29.6 Å². The number of methoxy groups -OCH3 is 2. The lowest BCUT2D eigenvalue weighted by molar-refractivity contribution is -0.130. The van der Waals surface area contributed by atoms with Gasteiger partial charge < -0.3 is 25.1 Å². The Bertz CT molecular complexity index is 1160. The van der Waals surface area contributed by atoms with Crippen molar-refractivity contribution < 1.29 is 23.9 Å². The van der Waals surface area contributed by atoms with Gasteiger partial charge in [0.15, 0.2) is 0 Å². The van der Waals surface area contributed by atoms with Crippen LogP contribution >= 0.6 is 0 Å². The number of carbonyl (C=O) groups is 3. The molecular weight excluding hydrogens is 400 g/mol. The maximum Gasteiger partial charge on any atom is 0.325 e. The van der Waals surface area contributed by atoms with E-state index in [1.165, 1.54) is 14.2 Å². The van der Waals surface area contributed by atoms with Crippen LogP contribution in [0.15, 0.2) is 48.7 Å². The van der Waals surface area contributed by atoms with E-state index < -0.39 is 30.4 Å². The number of urea groups is 1. The van der Waals surface area contributed by atoms with Gasteiger partial charge in [0.25, 0.3) is 5.91 Å². The number of para-hydroxylation sites is 1. The van der Waals surface area contributed by atoms with E-state index in [2.05, 4.69) is 15.6 Å². The summed E-state index contributed by atoms with van der Waals surface area (Å²) < 4.78 is 10.4. The Morgan fingerprint density at radius 1 is 1.13 bits per heavy atom. The highest BCUT2D eigenvalue weighted by atomic mass is 16.5. The topological polar surface area (TPSA) is 113 Å². The zero-order valence-electron chi connectivity index (χ0n) is 17.1. The van der Waals surface area contributed by atoms with Crippen LogP contribution in [0.25, 0.3) is 10.9 Å². The average Bonchev–Trinajstić information content (AvgIpc) is 3.30. The summed E-state index contributed by atoms with van der Waals surface area (Å²) in [6, 6.07) is 11.3. The minimum atomic E-state index is -0.727. The number of aromatic amines is 1. The minimum Gasteiger partial charge on any atom is -0.497 e. The largest absolute Gasteiger partial charge is 0.497 e. The van der Waals surface area contributed by atoms with Crippen molar-refractivity contribution in [2.45, 2.75) is 12.5 Å². The lowest BCUT2D eigenvalue weighted by Crippen LogP contribution is -2.38. The third-order valence-electron chi connectivity index (χ3n) is 5.19. The van der Waals surface area contributed by atoms with Gasteiger partial charge in [0.2, 0.25) is 5.91 Å². The van der Waals surface area contributed by atoms with Crippen LogP contribution in [0.5, 0.6) is 11.5 Å². The number of imide groups is 1. The second-order valence-electron chi connectivity index (χ2n) is 7.10. The molecule has 0 spiro atoms. The van der Waals surface area contributed by atoms with Crippen LogP contribution < -0.4 is 20.1 Å². The monoisotopic (exact) mass is 422 g/mol. The number of aromatic nitrogens is 1. The Kier molecular flexibility index (Phi) is 5.48. The number of ether oxygens (including phenoxy) is 2. The predicted octanol–water partition coefficient (Wildman–Crippen LogP) is 2.29. The van der Waals surface area contributed by atoms with Gasteiger partial charge in [-0.15, -0.1) is 0 Å². The van der Waals surface area contributed by atoms with Gasteiger partial charge in [-0.3, -0.25) is 14.5 Å². The molecule has 1 aliphatic rings. The molecule has 0 radical (unpaired) electrons. The fourth-order valence-corrected chi connectivity index (χ4v) is 3.62. The summed E-state index contributed by atoms with van der Waals surface area (Å²) in [7, 11) is 2.99. The molecule has 4 amide bonds. The Hall–Kier alpha value is -4.01. The van der Waals surface area contributed by atoms with Crippen LogP contribution in [0.4, 0.5) is 10.5 Å². The van der Waals surface area contributed by atoms with E-state index in [4.69, 9.17) is 9.47 Å². The lowest BCUT2D eigenvalue weighted by atomic mass is 10.1. The molecule has 1 unspecified atom stereocenters. The van der Waals surface area contributed by atoms with Crippen LogP contribution in [-0.2, 0) is 16.0 Å². The fourth-order valence-electron chi connectivity index (χ4n) is 3.62. The van der Waals surface area contributed by atoms with Crippen molar-refractivity contribution in [3.63, 3.8) is 0 Å². The number of hydrogen-bond donors (Lipinski definition) is 3. The van der Waals surface area contributed by atoms with Crippen LogP contribution in [-0.4, -0.2) is 54.5 Å². The van der Waals surface area contributed by atoms with Crippen molar-refractivity contribution in [2.75, 3.05) is 26.1 Å². The maximum absolute atomic E-state index is 12.8. The SMILES string of the molecule is COc1ccc(NC(=O)CN2C(=O)NC(Cc3c[nH]c4ccccc34)C2=O)c(OC)c1. The maximum atomic E-state index is 12.8. The first kappa shape index (κ1) is 20.3. The highest BCUT2D eigenvalue weighted by molar-refractivity contribution is 6.08. The zero-order valence-corrected chi connectivity index (χ0v) is 17.1. The van der Waals surface area contributed by atoms with Crippen LogP contribution in [0.1, 0.15) is 5.56 Å². The van der Waals surface area contributed by atoms with Gasteiger partial charge in [-0.1, -0.05) is 18.2 Å². The standard InChI is InChI=1S/C22H22N4O5/c1-30-14-7-8-17(19(10-14)31-2)24-20(27)12-26-21(28)18(25-22(26)29)9-13-11-23-16-6-4-3-5-15(13)16/h3-8,10-11,18,23H,9,12H2,1-2H3,(H,24,27)(H,25,29). The summed E-state index contributed by atoms with van der Waals surface area (Å²) in [6.07, 6.45) is 2.16. The molecule has 9 nitrogen and oxygen atoms in total. The number of benzene rings is 2. The van der Waals surface area contributed by atoms with Crippen molar-refractivity contribution >= 4 is 34.4 Å². The molecule has 1 aromatic heterocycles. The molecule has 31 heavy (non-hydrogen) atoms. The third kappa shape index (κ3) is 4.02. The molecule has 0 saturated carbocycles. The molecule has 1 fully saturated rings. The van der Waals surface area contributed by atoms with Gasteiger partial charge in [-0.2, -0.15) is 0 Å². The summed E-state index contributed by atoms with van der Waals surface area (Å²) in [4.78, 5) is 41.7. The first-order valence-corrected chi connectivity index (χ1v) is 9.69. The third-order valence-corrected chi connectivity index (χ3v) is 5.19. The number of anilines is 1. The highest BCUT2D eigenvalue weighted by Gasteiger charge is 2.39. The first-order chi connectivity index (χ1) is 15.0. The molecular formula is C22H22N4O5. The molecule has 4 rings (SSSR count). The second-order valence-corrected chi connectivity index (χ2v) is 7.10. The number of rotatable bonds is 7. The van der Waals surface area contributed by atoms with Gasteiger partial charge in [-0.25, -0.2) is 4.79 Å². The molecule has 1 atom stereocenters. The number of amides is 4. The van der Waals surface area contributed by atoms with E-state index in [0.29, 0.717) is 23.6 Å². The van der Waals surface area contributed by atoms with Crippen LogP contribution in [0.2, 0.25) is 0 Å². The van der Waals surface area contributed by atoms with Gasteiger partial charge in [0.1, 0.15) is 24.1 Å². The van der Waals surface area contributed by atoms with Gasteiger partial charge in [-0.05, 0) is 23.8 Å². The van der Waals surface area contributed by atoms with E-state index in [-0.39, 0.29) is 0 Å². The number of nitrogens with zero attached hydrogens (tertiary/aromatic N) is 1. The summed E-state index contributed by atoms with van der Waals surface area (Å²) in [5.74, 6) is 0.0259. The van der Waals surface area contributed by atoms with Crippen LogP contribution in [0, 0.1) is 0 Å². The molecule has 2 heterocycles. The molecule has 3 aromatic rings. The summed E-state index contributed by atoms with van der Waals surface area (Å²) >= 11 is 0. The number of fused-ring (bicyclic) bond motifs is 1. The van der Waals surface area contributed by atoms with E-state index in [1.54, 1.807) is 18.2 Å². The first-order valence-electron chi connectivity index (χ1n) is 9.69. The Morgan fingerprint density at radius 3 is 2.71 bits per heavy atom. The molecule has 3 N–H and O–H groups in total. The lowest BCUT2D eigenvalue weighted by Gasteiger charge is -2.15. The van der Waals surface area contributed by atoms with Crippen molar-refractivity contribution in [1.29, 1.82) is 0 Å². The fraction of sp³-hybridized carbons (Fsp3) is 0.227. The Balaban J connectivity index is 1.43. The molecule has 9 heteroatoms. The van der Waals surface area contributed by atoms with Gasteiger partial charge in [0.05, 0.1) is 19.9 Å². The minimum absolute atomic E-state index is 0.332. The quantitative estimate of drug-likeness (QED) is 0.506. The second kappa shape index (κ2) is 8.39.